The van der Waals surface area contributed by atoms with Gasteiger partial charge in [-0.25, -0.2) is 4.98 Å². The van der Waals surface area contributed by atoms with E-state index in [1.165, 1.54) is 30.8 Å². The van der Waals surface area contributed by atoms with Gasteiger partial charge in [0.25, 0.3) is 0 Å². The quantitative estimate of drug-likeness (QED) is 0.781. The van der Waals surface area contributed by atoms with Gasteiger partial charge in [-0.3, -0.25) is 4.90 Å². The van der Waals surface area contributed by atoms with Crippen molar-refractivity contribution in [3.05, 3.63) is 60.2 Å². The van der Waals surface area contributed by atoms with E-state index in [1.54, 1.807) is 7.11 Å². The Morgan fingerprint density at radius 3 is 3.00 bits per heavy atom. The van der Waals surface area contributed by atoms with Gasteiger partial charge in [0, 0.05) is 45.1 Å². The van der Waals surface area contributed by atoms with Gasteiger partial charge in [-0.1, -0.05) is 42.5 Å². The molecule has 2 aromatic rings. The van der Waals surface area contributed by atoms with E-state index in [-0.39, 0.29) is 0 Å². The number of piperidine rings is 1. The summed E-state index contributed by atoms with van der Waals surface area (Å²) in [5, 5.41) is 0. The minimum Gasteiger partial charge on any atom is -0.383 e. The molecule has 4 nitrogen and oxygen atoms in total. The highest BCUT2D eigenvalue weighted by Gasteiger charge is 2.23. The van der Waals surface area contributed by atoms with Crippen molar-refractivity contribution in [2.75, 3.05) is 33.4 Å². The molecule has 0 spiro atoms. The smallest absolute Gasteiger partial charge is 0.113 e. The molecular weight excluding hydrogens is 298 g/mol. The van der Waals surface area contributed by atoms with Crippen LogP contribution < -0.4 is 0 Å². The minimum atomic E-state index is 0.524. The van der Waals surface area contributed by atoms with Crippen LogP contribution in [0.3, 0.4) is 0 Å². The number of imidazole rings is 1. The normalized spacial score (nSPS) is 19.1. The van der Waals surface area contributed by atoms with Gasteiger partial charge in [-0.05, 0) is 24.9 Å². The lowest BCUT2D eigenvalue weighted by molar-refractivity contribution is 0.182. The molecule has 1 saturated heterocycles. The molecule has 128 valence electrons. The molecule has 3 rings (SSSR count). The zero-order valence-corrected chi connectivity index (χ0v) is 14.5. The molecule has 1 fully saturated rings. The van der Waals surface area contributed by atoms with Crippen LogP contribution in [0.4, 0.5) is 0 Å². The highest BCUT2D eigenvalue weighted by atomic mass is 16.5. The molecule has 0 N–H and O–H groups in total. The van der Waals surface area contributed by atoms with Crippen LogP contribution in [0.2, 0.25) is 0 Å². The third kappa shape index (κ3) is 4.56. The predicted octanol–water partition coefficient (Wildman–Crippen LogP) is 3.42. The van der Waals surface area contributed by atoms with Crippen LogP contribution in [-0.4, -0.2) is 47.8 Å². The van der Waals surface area contributed by atoms with Gasteiger partial charge in [0.15, 0.2) is 0 Å². The van der Waals surface area contributed by atoms with Gasteiger partial charge in [0.05, 0.1) is 6.61 Å². The average Bonchev–Trinajstić information content (AvgIpc) is 3.10. The summed E-state index contributed by atoms with van der Waals surface area (Å²) in [4.78, 5) is 7.15. The van der Waals surface area contributed by atoms with Crippen LogP contribution in [0, 0.1) is 0 Å². The molecule has 1 atom stereocenters. The van der Waals surface area contributed by atoms with E-state index in [0.29, 0.717) is 5.92 Å². The number of hydrogen-bond donors (Lipinski definition) is 0. The Morgan fingerprint density at radius 1 is 1.29 bits per heavy atom. The van der Waals surface area contributed by atoms with Crippen LogP contribution in [-0.2, 0) is 11.3 Å². The van der Waals surface area contributed by atoms with Crippen LogP contribution in [0.15, 0.2) is 48.8 Å². The fourth-order valence-corrected chi connectivity index (χ4v) is 3.39. The number of nitrogens with zero attached hydrogens (tertiary/aromatic N) is 3. The van der Waals surface area contributed by atoms with E-state index in [4.69, 9.17) is 4.74 Å². The van der Waals surface area contributed by atoms with E-state index < -0.39 is 0 Å². The van der Waals surface area contributed by atoms with Gasteiger partial charge in [0.1, 0.15) is 5.82 Å². The summed E-state index contributed by atoms with van der Waals surface area (Å²) in [7, 11) is 1.75. The summed E-state index contributed by atoms with van der Waals surface area (Å²) in [6, 6.07) is 10.5. The third-order valence-corrected chi connectivity index (χ3v) is 4.63. The fourth-order valence-electron chi connectivity index (χ4n) is 3.39. The molecule has 2 heterocycles. The van der Waals surface area contributed by atoms with Crippen molar-refractivity contribution in [3.63, 3.8) is 0 Å². The van der Waals surface area contributed by atoms with Crippen molar-refractivity contribution in [3.8, 4) is 0 Å². The number of aromatic nitrogens is 2. The first-order valence-electron chi connectivity index (χ1n) is 8.80. The largest absolute Gasteiger partial charge is 0.383 e. The first-order valence-corrected chi connectivity index (χ1v) is 8.80. The standard InChI is InChI=1S/C20H27N3O/c1-24-16-15-23-14-11-21-20(23)19-10-6-13-22(17-19)12-5-9-18-7-3-2-4-8-18/h2-5,7-9,11,14,19H,6,10,12-13,15-17H2,1H3/b9-5+. The minimum absolute atomic E-state index is 0.524. The van der Waals surface area contributed by atoms with Gasteiger partial charge >= 0.3 is 0 Å². The number of ether oxygens (including phenoxy) is 1. The predicted molar refractivity (Wildman–Crippen MR) is 98.0 cm³/mol. The van der Waals surface area contributed by atoms with Gasteiger partial charge in [0.2, 0.25) is 0 Å². The zero-order valence-electron chi connectivity index (χ0n) is 14.5. The monoisotopic (exact) mass is 325 g/mol. The first-order chi connectivity index (χ1) is 11.9. The van der Waals surface area contributed by atoms with Crippen molar-refractivity contribution in [2.45, 2.75) is 25.3 Å². The Labute approximate surface area is 144 Å². The number of likely N-dealkylation sites (tertiary alicyclic amines) is 1. The van der Waals surface area contributed by atoms with Crippen molar-refractivity contribution in [1.82, 2.24) is 14.5 Å². The molecule has 4 heteroatoms. The van der Waals surface area contributed by atoms with Crippen molar-refractivity contribution in [1.29, 1.82) is 0 Å². The second-order valence-corrected chi connectivity index (χ2v) is 6.38. The molecule has 1 unspecified atom stereocenters. The zero-order chi connectivity index (χ0) is 16.6. The second-order valence-electron chi connectivity index (χ2n) is 6.38. The summed E-state index contributed by atoms with van der Waals surface area (Å²) >= 11 is 0. The lowest BCUT2D eigenvalue weighted by Crippen LogP contribution is -2.35. The first kappa shape index (κ1) is 16.9. The SMILES string of the molecule is COCCn1ccnc1C1CCCN(C/C=C/c2ccccc2)C1. The van der Waals surface area contributed by atoms with E-state index in [9.17, 15) is 0 Å². The van der Waals surface area contributed by atoms with Crippen LogP contribution in [0.25, 0.3) is 6.08 Å². The van der Waals surface area contributed by atoms with Crippen molar-refractivity contribution in [2.24, 2.45) is 0 Å². The third-order valence-electron chi connectivity index (χ3n) is 4.63. The Bertz CT molecular complexity index is 635. The van der Waals surface area contributed by atoms with E-state index in [0.717, 1.165) is 26.2 Å². The fraction of sp³-hybridized carbons (Fsp3) is 0.450. The summed E-state index contributed by atoms with van der Waals surface area (Å²) in [6.07, 6.45) is 10.9. The summed E-state index contributed by atoms with van der Waals surface area (Å²) in [5.41, 5.74) is 1.26. The lowest BCUT2D eigenvalue weighted by atomic mass is 9.97. The van der Waals surface area contributed by atoms with Crippen LogP contribution in [0.1, 0.15) is 30.1 Å². The topological polar surface area (TPSA) is 30.3 Å². The Kier molecular flexibility index (Phi) is 6.21. The summed E-state index contributed by atoms with van der Waals surface area (Å²) < 4.78 is 7.45. The van der Waals surface area contributed by atoms with E-state index >= 15 is 0 Å². The molecule has 0 aliphatic carbocycles. The number of benzene rings is 1. The molecule has 0 bridgehead atoms. The molecule has 0 radical (unpaired) electrons. The van der Waals surface area contributed by atoms with Gasteiger partial charge < -0.3 is 9.30 Å². The molecule has 0 amide bonds. The Balaban J connectivity index is 1.56. The molecule has 24 heavy (non-hydrogen) atoms. The van der Waals surface area contributed by atoms with Gasteiger partial charge in [-0.15, -0.1) is 0 Å². The summed E-state index contributed by atoms with van der Waals surface area (Å²) in [6.45, 7) is 4.89. The molecule has 0 saturated carbocycles. The number of hydrogen-bond acceptors (Lipinski definition) is 3. The maximum absolute atomic E-state index is 5.21. The maximum atomic E-state index is 5.21. The van der Waals surface area contributed by atoms with E-state index in [1.807, 2.05) is 6.20 Å². The lowest BCUT2D eigenvalue weighted by Gasteiger charge is -2.31. The van der Waals surface area contributed by atoms with Crippen molar-refractivity contribution < 1.29 is 4.74 Å². The summed E-state index contributed by atoms with van der Waals surface area (Å²) in [5.74, 6) is 1.74. The molecular formula is C20H27N3O. The highest BCUT2D eigenvalue weighted by Crippen LogP contribution is 2.25. The molecule has 1 aliphatic heterocycles. The number of methoxy groups -OCH3 is 1. The average molecular weight is 325 g/mol. The van der Waals surface area contributed by atoms with Crippen LogP contribution >= 0.6 is 0 Å². The number of rotatable bonds is 7. The van der Waals surface area contributed by atoms with E-state index in [2.05, 4.69) is 63.1 Å². The maximum Gasteiger partial charge on any atom is 0.113 e. The molecule has 1 aromatic carbocycles. The Hall–Kier alpha value is -1.91. The molecule has 1 aromatic heterocycles. The highest BCUT2D eigenvalue weighted by molar-refractivity contribution is 5.48. The van der Waals surface area contributed by atoms with Crippen molar-refractivity contribution >= 4 is 6.08 Å². The Morgan fingerprint density at radius 2 is 2.17 bits per heavy atom. The van der Waals surface area contributed by atoms with Crippen LogP contribution in [0.5, 0.6) is 0 Å². The second kappa shape index (κ2) is 8.81. The van der Waals surface area contributed by atoms with Gasteiger partial charge in [-0.2, -0.15) is 0 Å². The molecule has 1 aliphatic rings.